The van der Waals surface area contributed by atoms with Crippen molar-refractivity contribution in [2.45, 2.75) is 26.2 Å². The van der Waals surface area contributed by atoms with Gasteiger partial charge in [0.1, 0.15) is 5.75 Å². The van der Waals surface area contributed by atoms with Gasteiger partial charge < -0.3 is 14.5 Å². The maximum Gasteiger partial charge on any atom is 0.293 e. The molecule has 2 heterocycles. The summed E-state index contributed by atoms with van der Waals surface area (Å²) in [5, 5.41) is 6.57. The van der Waals surface area contributed by atoms with Crippen LogP contribution in [0.15, 0.2) is 53.2 Å². The van der Waals surface area contributed by atoms with Crippen LogP contribution in [-0.2, 0) is 0 Å². The fourth-order valence-electron chi connectivity index (χ4n) is 2.50. The number of anilines is 1. The summed E-state index contributed by atoms with van der Waals surface area (Å²) in [6, 6.07) is 10.9. The Morgan fingerprint density at radius 2 is 2.04 bits per heavy atom. The Labute approximate surface area is 162 Å². The highest BCUT2D eigenvalue weighted by Crippen LogP contribution is 2.18. The molecule has 0 aliphatic rings. The molecular formula is C20H21N3O3S. The Bertz CT molecular complexity index is 889. The normalized spacial score (nSPS) is 10.6. The zero-order valence-corrected chi connectivity index (χ0v) is 15.8. The molecule has 140 valence electrons. The third kappa shape index (κ3) is 5.27. The number of hydrogen-bond acceptors (Lipinski definition) is 5. The largest absolute Gasteiger partial charge is 0.494 e. The molecule has 1 amide bonds. The standard InChI is InChI=1S/C20H21N3O3S/c1-2-3-4-11-25-16-7-5-15(6-8-16)22-20(27)23-19(24)17-12-14-9-10-21-13-18(14)26-17/h5-10,12-13H,2-4,11H2,1H3,(H2,22,23,24,27). The van der Waals surface area contributed by atoms with Crippen LogP contribution in [0.4, 0.5) is 5.69 Å². The number of nitrogens with zero attached hydrogens (tertiary/aromatic N) is 1. The van der Waals surface area contributed by atoms with Crippen LogP contribution >= 0.6 is 12.2 Å². The van der Waals surface area contributed by atoms with Crippen molar-refractivity contribution in [1.82, 2.24) is 10.3 Å². The molecule has 7 heteroatoms. The molecule has 0 aliphatic heterocycles. The van der Waals surface area contributed by atoms with Gasteiger partial charge in [-0.1, -0.05) is 19.8 Å². The van der Waals surface area contributed by atoms with Gasteiger partial charge in [-0.25, -0.2) is 0 Å². The zero-order chi connectivity index (χ0) is 19.1. The Morgan fingerprint density at radius 3 is 2.78 bits per heavy atom. The summed E-state index contributed by atoms with van der Waals surface area (Å²) in [4.78, 5) is 16.2. The topological polar surface area (TPSA) is 76.4 Å². The highest BCUT2D eigenvalue weighted by molar-refractivity contribution is 7.80. The maximum absolute atomic E-state index is 12.3. The first-order valence-electron chi connectivity index (χ1n) is 8.84. The smallest absolute Gasteiger partial charge is 0.293 e. The minimum absolute atomic E-state index is 0.179. The molecule has 3 aromatic rings. The number of furan rings is 1. The molecule has 0 saturated heterocycles. The molecule has 0 atom stereocenters. The van der Waals surface area contributed by atoms with Crippen LogP contribution in [0.5, 0.6) is 5.75 Å². The van der Waals surface area contributed by atoms with E-state index >= 15 is 0 Å². The van der Waals surface area contributed by atoms with Crippen LogP contribution in [-0.4, -0.2) is 22.6 Å². The number of rotatable bonds is 7. The van der Waals surface area contributed by atoms with Gasteiger partial charge in [-0.2, -0.15) is 0 Å². The van der Waals surface area contributed by atoms with E-state index in [1.54, 1.807) is 24.5 Å². The molecular weight excluding hydrogens is 362 g/mol. The summed E-state index contributed by atoms with van der Waals surface area (Å²) in [7, 11) is 0. The zero-order valence-electron chi connectivity index (χ0n) is 15.0. The van der Waals surface area contributed by atoms with Crippen LogP contribution in [0, 0.1) is 0 Å². The van der Waals surface area contributed by atoms with Crippen molar-refractivity contribution in [3.8, 4) is 5.75 Å². The summed E-state index contributed by atoms with van der Waals surface area (Å²) >= 11 is 5.20. The molecule has 0 saturated carbocycles. The summed E-state index contributed by atoms with van der Waals surface area (Å²) in [6.45, 7) is 2.87. The molecule has 0 bridgehead atoms. The first kappa shape index (κ1) is 18.8. The molecule has 0 unspecified atom stereocenters. The van der Waals surface area contributed by atoms with Gasteiger partial charge in [0.05, 0.1) is 12.8 Å². The second-order valence-electron chi connectivity index (χ2n) is 6.01. The van der Waals surface area contributed by atoms with Crippen molar-refractivity contribution in [1.29, 1.82) is 0 Å². The van der Waals surface area contributed by atoms with Crippen molar-refractivity contribution < 1.29 is 13.9 Å². The highest BCUT2D eigenvalue weighted by atomic mass is 32.1. The Balaban J connectivity index is 1.51. The van der Waals surface area contributed by atoms with Crippen molar-refractivity contribution in [2.24, 2.45) is 0 Å². The number of fused-ring (bicyclic) bond motifs is 1. The van der Waals surface area contributed by atoms with Gasteiger partial charge in [-0.3, -0.25) is 15.1 Å². The molecule has 6 nitrogen and oxygen atoms in total. The summed E-state index contributed by atoms with van der Waals surface area (Å²) in [6.07, 6.45) is 6.58. The average Bonchev–Trinajstić information content (AvgIpc) is 3.11. The highest BCUT2D eigenvalue weighted by Gasteiger charge is 2.13. The lowest BCUT2D eigenvalue weighted by atomic mass is 10.2. The number of ether oxygens (including phenoxy) is 1. The second kappa shape index (κ2) is 9.14. The Kier molecular flexibility index (Phi) is 6.38. The fraction of sp³-hybridized carbons (Fsp3) is 0.250. The number of unbranched alkanes of at least 4 members (excludes halogenated alkanes) is 2. The van der Waals surface area contributed by atoms with E-state index in [1.807, 2.05) is 24.3 Å². The quantitative estimate of drug-likeness (QED) is 0.461. The van der Waals surface area contributed by atoms with Crippen molar-refractivity contribution in [3.63, 3.8) is 0 Å². The maximum atomic E-state index is 12.3. The monoisotopic (exact) mass is 383 g/mol. The molecule has 0 fully saturated rings. The summed E-state index contributed by atoms with van der Waals surface area (Å²) < 4.78 is 11.1. The number of thiocarbonyl (C=S) groups is 1. The predicted molar refractivity (Wildman–Crippen MR) is 109 cm³/mol. The molecule has 2 N–H and O–H groups in total. The van der Waals surface area contributed by atoms with E-state index in [1.165, 1.54) is 6.42 Å². The lowest BCUT2D eigenvalue weighted by molar-refractivity contribution is 0.0953. The van der Waals surface area contributed by atoms with Gasteiger partial charge in [0.25, 0.3) is 5.91 Å². The van der Waals surface area contributed by atoms with Crippen molar-refractivity contribution in [3.05, 3.63) is 54.6 Å². The van der Waals surface area contributed by atoms with Crippen LogP contribution in [0.3, 0.4) is 0 Å². The van der Waals surface area contributed by atoms with E-state index in [4.69, 9.17) is 21.4 Å². The van der Waals surface area contributed by atoms with Gasteiger partial charge >= 0.3 is 0 Å². The summed E-state index contributed by atoms with van der Waals surface area (Å²) in [5.41, 5.74) is 1.31. The number of carbonyl (C=O) groups is 1. The fourth-order valence-corrected chi connectivity index (χ4v) is 2.71. The van der Waals surface area contributed by atoms with Crippen molar-refractivity contribution in [2.75, 3.05) is 11.9 Å². The van der Waals surface area contributed by atoms with E-state index < -0.39 is 5.91 Å². The number of aromatic nitrogens is 1. The Hall–Kier alpha value is -2.93. The summed E-state index contributed by atoms with van der Waals surface area (Å²) in [5.74, 6) is 0.569. The van der Waals surface area contributed by atoms with Crippen LogP contribution < -0.4 is 15.4 Å². The molecule has 3 rings (SSSR count). The van der Waals surface area contributed by atoms with E-state index in [0.717, 1.165) is 29.7 Å². The minimum atomic E-state index is -0.417. The number of amides is 1. The van der Waals surface area contributed by atoms with Gasteiger partial charge in [-0.05, 0) is 55.0 Å². The van der Waals surface area contributed by atoms with Gasteiger partial charge in [0.15, 0.2) is 16.5 Å². The first-order chi connectivity index (χ1) is 13.2. The number of pyridine rings is 1. The molecule has 2 aromatic heterocycles. The van der Waals surface area contributed by atoms with E-state index in [0.29, 0.717) is 12.2 Å². The molecule has 1 aromatic carbocycles. The number of carbonyl (C=O) groups excluding carboxylic acids is 1. The van der Waals surface area contributed by atoms with E-state index in [9.17, 15) is 4.79 Å². The molecule has 0 aliphatic carbocycles. The van der Waals surface area contributed by atoms with Crippen LogP contribution in [0.25, 0.3) is 11.0 Å². The van der Waals surface area contributed by atoms with Gasteiger partial charge in [0.2, 0.25) is 0 Å². The Morgan fingerprint density at radius 1 is 1.22 bits per heavy atom. The lowest BCUT2D eigenvalue weighted by Crippen LogP contribution is -2.33. The van der Waals surface area contributed by atoms with E-state index in [-0.39, 0.29) is 10.9 Å². The molecule has 0 spiro atoms. The number of benzene rings is 1. The third-order valence-corrected chi connectivity index (χ3v) is 4.11. The average molecular weight is 383 g/mol. The number of nitrogens with one attached hydrogen (secondary N) is 2. The third-order valence-electron chi connectivity index (χ3n) is 3.90. The minimum Gasteiger partial charge on any atom is -0.494 e. The van der Waals surface area contributed by atoms with Crippen LogP contribution in [0.2, 0.25) is 0 Å². The lowest BCUT2D eigenvalue weighted by Gasteiger charge is -2.10. The molecule has 27 heavy (non-hydrogen) atoms. The molecule has 0 radical (unpaired) electrons. The van der Waals surface area contributed by atoms with Crippen molar-refractivity contribution >= 4 is 39.9 Å². The number of hydrogen-bond donors (Lipinski definition) is 2. The second-order valence-corrected chi connectivity index (χ2v) is 6.42. The van der Waals surface area contributed by atoms with Crippen LogP contribution in [0.1, 0.15) is 36.7 Å². The van der Waals surface area contributed by atoms with Gasteiger partial charge in [0, 0.05) is 17.3 Å². The SMILES string of the molecule is CCCCCOc1ccc(NC(=S)NC(=O)c2cc3ccncc3o2)cc1. The first-order valence-corrected chi connectivity index (χ1v) is 9.25. The van der Waals surface area contributed by atoms with E-state index in [2.05, 4.69) is 22.5 Å². The van der Waals surface area contributed by atoms with Gasteiger partial charge in [-0.15, -0.1) is 0 Å². The predicted octanol–water partition coefficient (Wildman–Crippen LogP) is 4.52.